The highest BCUT2D eigenvalue weighted by atomic mass is 32.2. The van der Waals surface area contributed by atoms with Crippen molar-refractivity contribution in [1.29, 1.82) is 0 Å². The predicted octanol–water partition coefficient (Wildman–Crippen LogP) is 3.19. The summed E-state index contributed by atoms with van der Waals surface area (Å²) in [4.78, 5) is 0.352. The number of sulfone groups is 1. The molecule has 0 saturated carbocycles. The molecule has 2 aromatic carbocycles. The standard InChI is InChI=1S/C17H19NO2S/c1-21(19,20)17-9-7-16(8-10-17)18-12-13-5-6-14-3-2-4-15(14)11-13/h5-11,18H,2-4,12H2,1H3. The maximum Gasteiger partial charge on any atom is 0.175 e. The van der Waals surface area contributed by atoms with Crippen LogP contribution in [-0.4, -0.2) is 14.7 Å². The monoisotopic (exact) mass is 301 g/mol. The molecule has 3 nitrogen and oxygen atoms in total. The van der Waals surface area contributed by atoms with Crippen molar-refractivity contribution in [1.82, 2.24) is 0 Å². The van der Waals surface area contributed by atoms with Crippen molar-refractivity contribution in [3.63, 3.8) is 0 Å². The highest BCUT2D eigenvalue weighted by Gasteiger charge is 2.10. The molecular formula is C17H19NO2S. The van der Waals surface area contributed by atoms with Crippen molar-refractivity contribution >= 4 is 15.5 Å². The molecule has 0 amide bonds. The van der Waals surface area contributed by atoms with Gasteiger partial charge in [-0.3, -0.25) is 0 Å². The van der Waals surface area contributed by atoms with Gasteiger partial charge in [0.2, 0.25) is 0 Å². The fourth-order valence-corrected chi connectivity index (χ4v) is 3.39. The Morgan fingerprint density at radius 1 is 1.00 bits per heavy atom. The van der Waals surface area contributed by atoms with Crippen molar-refractivity contribution < 1.29 is 8.42 Å². The lowest BCUT2D eigenvalue weighted by atomic mass is 10.1. The van der Waals surface area contributed by atoms with Crippen LogP contribution in [0.2, 0.25) is 0 Å². The molecule has 0 heterocycles. The van der Waals surface area contributed by atoms with E-state index in [-0.39, 0.29) is 0 Å². The number of hydrogen-bond donors (Lipinski definition) is 1. The van der Waals surface area contributed by atoms with E-state index in [4.69, 9.17) is 0 Å². The second-order valence-electron chi connectivity index (χ2n) is 5.61. The maximum absolute atomic E-state index is 11.4. The molecule has 0 aromatic heterocycles. The summed E-state index contributed by atoms with van der Waals surface area (Å²) in [6.45, 7) is 0.755. The first-order valence-electron chi connectivity index (χ1n) is 7.17. The Hall–Kier alpha value is -1.81. The largest absolute Gasteiger partial charge is 0.381 e. The SMILES string of the molecule is CS(=O)(=O)c1ccc(NCc2ccc3c(c2)CCC3)cc1. The molecule has 0 radical (unpaired) electrons. The molecule has 4 heteroatoms. The summed E-state index contributed by atoms with van der Waals surface area (Å²) in [5.74, 6) is 0. The number of anilines is 1. The van der Waals surface area contributed by atoms with Gasteiger partial charge in [-0.25, -0.2) is 8.42 Å². The van der Waals surface area contributed by atoms with E-state index in [0.717, 1.165) is 12.2 Å². The van der Waals surface area contributed by atoms with Crippen LogP contribution in [0, 0.1) is 0 Å². The van der Waals surface area contributed by atoms with Gasteiger partial charge in [-0.05, 0) is 60.2 Å². The summed E-state index contributed by atoms with van der Waals surface area (Å²) in [5, 5.41) is 3.34. The molecule has 0 atom stereocenters. The molecule has 0 bridgehead atoms. The minimum Gasteiger partial charge on any atom is -0.381 e. The van der Waals surface area contributed by atoms with Crippen LogP contribution in [0.3, 0.4) is 0 Å². The first-order valence-corrected chi connectivity index (χ1v) is 9.06. The van der Waals surface area contributed by atoms with Crippen LogP contribution >= 0.6 is 0 Å². The first-order chi connectivity index (χ1) is 10.0. The van der Waals surface area contributed by atoms with Crippen molar-refractivity contribution in [3.05, 3.63) is 59.2 Å². The molecule has 3 rings (SSSR count). The van der Waals surface area contributed by atoms with E-state index in [1.807, 2.05) is 12.1 Å². The van der Waals surface area contributed by atoms with E-state index in [9.17, 15) is 8.42 Å². The molecule has 110 valence electrons. The molecule has 2 aromatic rings. The number of aryl methyl sites for hydroxylation is 2. The smallest absolute Gasteiger partial charge is 0.175 e. The zero-order valence-electron chi connectivity index (χ0n) is 12.1. The second kappa shape index (κ2) is 5.53. The quantitative estimate of drug-likeness (QED) is 0.943. The van der Waals surface area contributed by atoms with E-state index in [1.54, 1.807) is 12.1 Å². The zero-order chi connectivity index (χ0) is 14.9. The van der Waals surface area contributed by atoms with Crippen LogP contribution in [-0.2, 0) is 29.2 Å². The van der Waals surface area contributed by atoms with E-state index in [2.05, 4.69) is 23.5 Å². The lowest BCUT2D eigenvalue weighted by molar-refractivity contribution is 0.602. The van der Waals surface area contributed by atoms with Crippen LogP contribution in [0.25, 0.3) is 0 Å². The number of nitrogens with one attached hydrogen (secondary N) is 1. The molecule has 1 aliphatic carbocycles. The summed E-state index contributed by atoms with van der Waals surface area (Å²) in [6, 6.07) is 13.6. The third-order valence-corrected chi connectivity index (χ3v) is 5.07. The summed E-state index contributed by atoms with van der Waals surface area (Å²) in [5.41, 5.74) is 5.16. The molecule has 0 unspecified atom stereocenters. The van der Waals surface area contributed by atoms with Gasteiger partial charge in [0.25, 0.3) is 0 Å². The lowest BCUT2D eigenvalue weighted by Gasteiger charge is -2.09. The van der Waals surface area contributed by atoms with Crippen molar-refractivity contribution in [2.45, 2.75) is 30.7 Å². The highest BCUT2D eigenvalue weighted by molar-refractivity contribution is 7.90. The number of hydrogen-bond acceptors (Lipinski definition) is 3. The van der Waals surface area contributed by atoms with E-state index >= 15 is 0 Å². The van der Waals surface area contributed by atoms with Gasteiger partial charge in [-0.1, -0.05) is 18.2 Å². The topological polar surface area (TPSA) is 46.2 Å². The Morgan fingerprint density at radius 3 is 2.43 bits per heavy atom. The van der Waals surface area contributed by atoms with Crippen molar-refractivity contribution in [2.24, 2.45) is 0 Å². The molecule has 21 heavy (non-hydrogen) atoms. The highest BCUT2D eigenvalue weighted by Crippen LogP contribution is 2.23. The van der Waals surface area contributed by atoms with Gasteiger partial charge >= 0.3 is 0 Å². The fraction of sp³-hybridized carbons (Fsp3) is 0.294. The van der Waals surface area contributed by atoms with Crippen LogP contribution in [0.1, 0.15) is 23.1 Å². The van der Waals surface area contributed by atoms with Gasteiger partial charge in [0.05, 0.1) is 4.90 Å². The van der Waals surface area contributed by atoms with Gasteiger partial charge in [0.15, 0.2) is 9.84 Å². The molecule has 0 spiro atoms. The maximum atomic E-state index is 11.4. The van der Waals surface area contributed by atoms with E-state index in [0.29, 0.717) is 4.90 Å². The van der Waals surface area contributed by atoms with Crippen LogP contribution < -0.4 is 5.32 Å². The van der Waals surface area contributed by atoms with Crippen LogP contribution in [0.4, 0.5) is 5.69 Å². The third kappa shape index (κ3) is 3.27. The normalized spacial score (nSPS) is 14.0. The summed E-state index contributed by atoms with van der Waals surface area (Å²) >= 11 is 0. The summed E-state index contributed by atoms with van der Waals surface area (Å²) in [7, 11) is -3.12. The number of benzene rings is 2. The molecule has 0 aliphatic heterocycles. The average Bonchev–Trinajstić information content (AvgIpc) is 2.92. The predicted molar refractivity (Wildman–Crippen MR) is 85.3 cm³/mol. The minimum atomic E-state index is -3.12. The number of fused-ring (bicyclic) bond motifs is 1. The molecule has 0 saturated heterocycles. The van der Waals surface area contributed by atoms with Gasteiger partial charge < -0.3 is 5.32 Å². The fourth-order valence-electron chi connectivity index (χ4n) is 2.76. The number of rotatable bonds is 4. The van der Waals surface area contributed by atoms with Crippen molar-refractivity contribution in [2.75, 3.05) is 11.6 Å². The molecular weight excluding hydrogens is 282 g/mol. The van der Waals surface area contributed by atoms with Gasteiger partial charge in [0, 0.05) is 18.5 Å². The zero-order valence-corrected chi connectivity index (χ0v) is 12.9. The van der Waals surface area contributed by atoms with Crippen LogP contribution in [0.15, 0.2) is 47.4 Å². The Kier molecular flexibility index (Phi) is 3.72. The minimum absolute atomic E-state index is 0.352. The Labute approximate surface area is 125 Å². The Balaban J connectivity index is 1.68. The third-order valence-electron chi connectivity index (χ3n) is 3.94. The molecule has 0 fully saturated rings. The molecule has 1 N–H and O–H groups in total. The van der Waals surface area contributed by atoms with E-state index < -0.39 is 9.84 Å². The van der Waals surface area contributed by atoms with E-state index in [1.165, 1.54) is 42.2 Å². The second-order valence-corrected chi connectivity index (χ2v) is 7.62. The van der Waals surface area contributed by atoms with Gasteiger partial charge in [-0.15, -0.1) is 0 Å². The Bertz CT molecular complexity index is 749. The van der Waals surface area contributed by atoms with Crippen molar-refractivity contribution in [3.8, 4) is 0 Å². The van der Waals surface area contributed by atoms with Crippen LogP contribution in [0.5, 0.6) is 0 Å². The summed E-state index contributed by atoms with van der Waals surface area (Å²) in [6.07, 6.45) is 4.88. The average molecular weight is 301 g/mol. The van der Waals surface area contributed by atoms with Gasteiger partial charge in [-0.2, -0.15) is 0 Å². The van der Waals surface area contributed by atoms with Gasteiger partial charge in [0.1, 0.15) is 0 Å². The molecule has 1 aliphatic rings. The lowest BCUT2D eigenvalue weighted by Crippen LogP contribution is -2.01. The summed E-state index contributed by atoms with van der Waals surface area (Å²) < 4.78 is 22.8. The Morgan fingerprint density at radius 2 is 1.71 bits per heavy atom. The first kappa shape index (κ1) is 14.1.